The highest BCUT2D eigenvalue weighted by atomic mass is 127. The minimum atomic E-state index is -0.659. The van der Waals surface area contributed by atoms with E-state index in [2.05, 4.69) is 60.6 Å². The van der Waals surface area contributed by atoms with E-state index >= 15 is 0 Å². The fourth-order valence-corrected chi connectivity index (χ4v) is 5.63. The number of amides is 4. The topological polar surface area (TPSA) is 127 Å². The number of imide groups is 1. The monoisotopic (exact) mass is 761 g/mol. The second-order valence-electron chi connectivity index (χ2n) is 7.79. The van der Waals surface area contributed by atoms with Crippen LogP contribution in [0.2, 0.25) is 5.02 Å². The molecule has 2 N–H and O–H groups in total. The Morgan fingerprint density at radius 3 is 2.45 bits per heavy atom. The molecule has 196 valence electrons. The van der Waals surface area contributed by atoms with Gasteiger partial charge in [-0.25, -0.2) is 9.59 Å². The fraction of sp³-hybridized carbons (Fsp3) is 0.120. The van der Waals surface area contributed by atoms with Crippen molar-refractivity contribution in [2.45, 2.75) is 6.54 Å². The first-order valence-electron chi connectivity index (χ1n) is 10.8. The minimum Gasteiger partial charge on any atom is -0.482 e. The van der Waals surface area contributed by atoms with Crippen LogP contribution in [0.5, 0.6) is 5.75 Å². The number of carbonyl (C=O) groups excluding carboxylic acids is 4. The van der Waals surface area contributed by atoms with E-state index in [1.807, 2.05) is 0 Å². The van der Waals surface area contributed by atoms with E-state index in [0.29, 0.717) is 29.2 Å². The Morgan fingerprint density at radius 1 is 1.11 bits per heavy atom. The van der Waals surface area contributed by atoms with Crippen LogP contribution in [0.15, 0.2) is 58.6 Å². The number of ether oxygens (including phenoxy) is 2. The van der Waals surface area contributed by atoms with Gasteiger partial charge in [0.25, 0.3) is 11.8 Å². The van der Waals surface area contributed by atoms with E-state index in [4.69, 9.17) is 20.8 Å². The number of hydrogen-bond acceptors (Lipinski definition) is 7. The van der Waals surface area contributed by atoms with Crippen LogP contribution in [0.1, 0.15) is 21.9 Å². The third kappa shape index (κ3) is 6.66. The molecule has 2 aromatic carbocycles. The summed E-state index contributed by atoms with van der Waals surface area (Å²) in [6, 6.07) is 12.5. The number of nitrogens with one attached hydrogen (secondary N) is 2. The summed E-state index contributed by atoms with van der Waals surface area (Å²) in [6.07, 6.45) is 1.55. The summed E-state index contributed by atoms with van der Waals surface area (Å²) in [5, 5.41) is 5.85. The van der Waals surface area contributed by atoms with E-state index in [0.717, 1.165) is 4.90 Å². The number of benzene rings is 2. The lowest BCUT2D eigenvalue weighted by molar-refractivity contribution is -0.123. The molecule has 0 unspecified atom stereocenters. The summed E-state index contributed by atoms with van der Waals surface area (Å²) in [4.78, 5) is 50.1. The van der Waals surface area contributed by atoms with Crippen LogP contribution in [-0.4, -0.2) is 42.4 Å². The molecule has 0 spiro atoms. The number of halogens is 3. The number of rotatable bonds is 8. The van der Waals surface area contributed by atoms with Gasteiger partial charge in [-0.2, -0.15) is 0 Å². The normalized spacial score (nSPS) is 14.0. The maximum Gasteiger partial charge on any atom is 0.373 e. The zero-order chi connectivity index (χ0) is 27.4. The van der Waals surface area contributed by atoms with Gasteiger partial charge in [0, 0.05) is 10.7 Å². The molecule has 13 heteroatoms. The number of methoxy groups -OCH3 is 1. The van der Waals surface area contributed by atoms with E-state index in [-0.39, 0.29) is 36.3 Å². The Morgan fingerprint density at radius 2 is 1.79 bits per heavy atom. The summed E-state index contributed by atoms with van der Waals surface area (Å²) in [5.74, 6) is -0.801. The van der Waals surface area contributed by atoms with Crippen LogP contribution < -0.4 is 15.4 Å². The molecular weight excluding hydrogens is 744 g/mol. The van der Waals surface area contributed by atoms with Crippen LogP contribution in [-0.2, 0) is 20.9 Å². The van der Waals surface area contributed by atoms with Crippen LogP contribution in [0.3, 0.4) is 0 Å². The Bertz CT molecular complexity index is 1430. The van der Waals surface area contributed by atoms with E-state index < -0.39 is 17.9 Å². The van der Waals surface area contributed by atoms with Crippen molar-refractivity contribution in [3.63, 3.8) is 0 Å². The number of urea groups is 1. The first kappa shape index (κ1) is 27.9. The van der Waals surface area contributed by atoms with Gasteiger partial charge in [0.2, 0.25) is 5.76 Å². The average molecular weight is 762 g/mol. The van der Waals surface area contributed by atoms with Crippen molar-refractivity contribution in [2.75, 3.05) is 19.0 Å². The third-order valence-corrected chi connectivity index (χ3v) is 6.99. The zero-order valence-corrected chi connectivity index (χ0v) is 24.6. The minimum absolute atomic E-state index is 0.0285. The second kappa shape index (κ2) is 12.2. The summed E-state index contributed by atoms with van der Waals surface area (Å²) in [6.45, 7) is -0.359. The number of carbonyl (C=O) groups is 4. The molecule has 4 rings (SSSR count). The second-order valence-corrected chi connectivity index (χ2v) is 10.6. The predicted octanol–water partition coefficient (Wildman–Crippen LogP) is 5.04. The van der Waals surface area contributed by atoms with Crippen LogP contribution >= 0.6 is 56.8 Å². The number of nitrogens with zero attached hydrogens (tertiary/aromatic N) is 1. The highest BCUT2D eigenvalue weighted by molar-refractivity contribution is 14.1. The van der Waals surface area contributed by atoms with Crippen LogP contribution in [0.4, 0.5) is 10.5 Å². The maximum absolute atomic E-state index is 12.9. The van der Waals surface area contributed by atoms with Crippen molar-refractivity contribution < 1.29 is 33.1 Å². The number of furan rings is 1. The van der Waals surface area contributed by atoms with E-state index in [1.165, 1.54) is 19.2 Å². The van der Waals surface area contributed by atoms with Crippen molar-refractivity contribution in [3.05, 3.63) is 83.5 Å². The van der Waals surface area contributed by atoms with Gasteiger partial charge < -0.3 is 24.5 Å². The summed E-state index contributed by atoms with van der Waals surface area (Å²) in [7, 11) is 1.22. The van der Waals surface area contributed by atoms with Crippen molar-refractivity contribution >= 4 is 92.4 Å². The molecule has 38 heavy (non-hydrogen) atoms. The van der Waals surface area contributed by atoms with Crippen molar-refractivity contribution in [3.8, 4) is 5.75 Å². The van der Waals surface area contributed by atoms with Crippen molar-refractivity contribution in [1.29, 1.82) is 0 Å². The average Bonchev–Trinajstić information content (AvgIpc) is 3.45. The van der Waals surface area contributed by atoms with Gasteiger partial charge in [-0.05, 0) is 105 Å². The van der Waals surface area contributed by atoms with Gasteiger partial charge in [0.05, 0.1) is 20.8 Å². The molecule has 0 atom stereocenters. The summed E-state index contributed by atoms with van der Waals surface area (Å²) >= 11 is 10.0. The van der Waals surface area contributed by atoms with Gasteiger partial charge in [0.1, 0.15) is 17.2 Å². The first-order valence-corrected chi connectivity index (χ1v) is 13.4. The lowest BCUT2D eigenvalue weighted by Gasteiger charge is -2.12. The standard InChI is InChI=1S/C25H18ClI2N3O7/c1-36-24(34)20-7-6-16(38-20)11-31-23(33)19(30-25(31)35)10-13-8-17(27)22(18(28)9-13)37-12-21(32)29-15-4-2-14(26)3-5-15/h2-10H,11-12H2,1H3,(H,29,32)(H,30,35)/b19-10-. The third-order valence-electron chi connectivity index (χ3n) is 5.13. The quantitative estimate of drug-likeness (QED) is 0.143. The molecular formula is C25H18ClI2N3O7. The Balaban J connectivity index is 1.41. The Hall–Kier alpha value is -3.11. The van der Waals surface area contributed by atoms with E-state index in [1.54, 1.807) is 42.5 Å². The van der Waals surface area contributed by atoms with Crippen molar-refractivity contribution in [1.82, 2.24) is 10.2 Å². The predicted molar refractivity (Wildman–Crippen MR) is 155 cm³/mol. The van der Waals surface area contributed by atoms with Crippen LogP contribution in [0, 0.1) is 7.14 Å². The largest absolute Gasteiger partial charge is 0.482 e. The SMILES string of the molecule is COC(=O)c1ccc(CN2C(=O)N/C(=C\c3cc(I)c(OCC(=O)Nc4ccc(Cl)cc4)c(I)c3)C2=O)o1. The smallest absolute Gasteiger partial charge is 0.373 e. The molecule has 1 fully saturated rings. The lowest BCUT2D eigenvalue weighted by Crippen LogP contribution is -2.30. The van der Waals surface area contributed by atoms with Gasteiger partial charge >= 0.3 is 12.0 Å². The molecule has 0 aliphatic carbocycles. The number of anilines is 1. The van der Waals surface area contributed by atoms with Gasteiger partial charge in [0.15, 0.2) is 6.61 Å². The summed E-state index contributed by atoms with van der Waals surface area (Å²) in [5.41, 5.74) is 1.33. The molecule has 2 heterocycles. The first-order chi connectivity index (χ1) is 18.1. The van der Waals surface area contributed by atoms with Gasteiger partial charge in [-0.3, -0.25) is 14.5 Å². The fourth-order valence-electron chi connectivity index (χ4n) is 3.38. The molecule has 1 aromatic heterocycles. The highest BCUT2D eigenvalue weighted by Crippen LogP contribution is 2.30. The molecule has 1 aliphatic heterocycles. The molecule has 4 amide bonds. The molecule has 1 aliphatic rings. The van der Waals surface area contributed by atoms with Gasteiger partial charge in [-0.15, -0.1) is 0 Å². The highest BCUT2D eigenvalue weighted by Gasteiger charge is 2.34. The Labute approximate surface area is 248 Å². The zero-order valence-electron chi connectivity index (χ0n) is 19.5. The molecule has 10 nitrogen and oxygen atoms in total. The number of hydrogen-bond donors (Lipinski definition) is 2. The molecule has 0 bridgehead atoms. The summed E-state index contributed by atoms with van der Waals surface area (Å²) < 4.78 is 17.1. The molecule has 0 radical (unpaired) electrons. The maximum atomic E-state index is 12.9. The molecule has 1 saturated heterocycles. The van der Waals surface area contributed by atoms with E-state index in [9.17, 15) is 19.2 Å². The molecule has 0 saturated carbocycles. The number of esters is 1. The van der Waals surface area contributed by atoms with Gasteiger partial charge in [-0.1, -0.05) is 11.6 Å². The molecule has 3 aromatic rings. The lowest BCUT2D eigenvalue weighted by atomic mass is 10.2. The van der Waals surface area contributed by atoms with Crippen LogP contribution in [0.25, 0.3) is 6.08 Å². The Kier molecular flexibility index (Phi) is 8.94. The van der Waals surface area contributed by atoms with Crippen molar-refractivity contribution in [2.24, 2.45) is 0 Å².